The summed E-state index contributed by atoms with van der Waals surface area (Å²) in [4.78, 5) is 0. The number of hydrogen-bond acceptors (Lipinski definition) is 2. The fourth-order valence-electron chi connectivity index (χ4n) is 1.29. The molecule has 0 amide bonds. The average Bonchev–Trinajstić information content (AvgIpc) is 2.23. The molecule has 0 saturated heterocycles. The van der Waals surface area contributed by atoms with E-state index in [2.05, 4.69) is 12.1 Å². The Bertz CT molecular complexity index is 359. The Morgan fingerprint density at radius 2 is 2.00 bits per heavy atom. The standard InChI is InChI=1S/C11H10ClNS/c12-13-11(7-4-8-14-13)9-10-5-2-1-3-6-10/h1-8H,9H2. The van der Waals surface area contributed by atoms with Gasteiger partial charge in [0.05, 0.1) is 0 Å². The van der Waals surface area contributed by atoms with Gasteiger partial charge in [-0.25, -0.2) is 3.82 Å². The minimum atomic E-state index is 0.877. The molecule has 0 saturated carbocycles. The van der Waals surface area contributed by atoms with Gasteiger partial charge in [-0.2, -0.15) is 0 Å². The third-order valence-electron chi connectivity index (χ3n) is 1.97. The van der Waals surface area contributed by atoms with E-state index < -0.39 is 0 Å². The van der Waals surface area contributed by atoms with Gasteiger partial charge >= 0.3 is 0 Å². The van der Waals surface area contributed by atoms with Crippen molar-refractivity contribution < 1.29 is 0 Å². The summed E-state index contributed by atoms with van der Waals surface area (Å²) in [5, 5.41) is 1.96. The smallest absolute Gasteiger partial charge is 0.0473 e. The largest absolute Gasteiger partial charge is 0.227 e. The Morgan fingerprint density at radius 1 is 1.21 bits per heavy atom. The molecule has 1 aliphatic heterocycles. The number of allylic oxidation sites excluding steroid dienone is 3. The van der Waals surface area contributed by atoms with Gasteiger partial charge in [0.1, 0.15) is 0 Å². The third-order valence-corrected chi connectivity index (χ3v) is 3.13. The van der Waals surface area contributed by atoms with Crippen molar-refractivity contribution >= 4 is 23.7 Å². The van der Waals surface area contributed by atoms with Crippen LogP contribution in [0.1, 0.15) is 5.56 Å². The first kappa shape index (κ1) is 9.69. The van der Waals surface area contributed by atoms with Crippen LogP contribution in [0, 0.1) is 0 Å². The SMILES string of the molecule is ClN1SC=CC=C1Cc1ccccc1. The van der Waals surface area contributed by atoms with E-state index in [0.717, 1.165) is 12.1 Å². The van der Waals surface area contributed by atoms with Crippen LogP contribution in [0.2, 0.25) is 0 Å². The van der Waals surface area contributed by atoms with Crippen LogP contribution in [0.3, 0.4) is 0 Å². The molecule has 1 aliphatic rings. The van der Waals surface area contributed by atoms with Crippen molar-refractivity contribution in [3.63, 3.8) is 0 Å². The molecule has 0 spiro atoms. The van der Waals surface area contributed by atoms with Gasteiger partial charge in [-0.05, 0) is 29.0 Å². The van der Waals surface area contributed by atoms with Gasteiger partial charge in [-0.1, -0.05) is 36.4 Å². The van der Waals surface area contributed by atoms with Crippen molar-refractivity contribution in [2.75, 3.05) is 0 Å². The molecule has 1 heterocycles. The van der Waals surface area contributed by atoms with Crippen LogP contribution in [0.25, 0.3) is 0 Å². The molecular formula is C11H10ClNS. The highest BCUT2D eigenvalue weighted by Gasteiger charge is 2.09. The second kappa shape index (κ2) is 4.58. The Balaban J connectivity index is 2.11. The van der Waals surface area contributed by atoms with E-state index in [9.17, 15) is 0 Å². The van der Waals surface area contributed by atoms with Crippen molar-refractivity contribution in [3.05, 3.63) is 59.2 Å². The number of nitrogens with zero attached hydrogens (tertiary/aromatic N) is 1. The predicted octanol–water partition coefficient (Wildman–Crippen LogP) is 3.74. The Labute approximate surface area is 93.3 Å². The zero-order valence-corrected chi connectivity index (χ0v) is 9.13. The lowest BCUT2D eigenvalue weighted by Gasteiger charge is -2.18. The molecule has 0 aliphatic carbocycles. The molecule has 14 heavy (non-hydrogen) atoms. The van der Waals surface area contributed by atoms with Gasteiger partial charge < -0.3 is 0 Å². The molecule has 0 N–H and O–H groups in total. The fourth-order valence-corrected chi connectivity index (χ4v) is 2.06. The summed E-state index contributed by atoms with van der Waals surface area (Å²) in [5.74, 6) is 0. The topological polar surface area (TPSA) is 3.24 Å². The van der Waals surface area contributed by atoms with Crippen LogP contribution in [-0.4, -0.2) is 3.82 Å². The van der Waals surface area contributed by atoms with Crippen molar-refractivity contribution in [3.8, 4) is 0 Å². The summed E-state index contributed by atoms with van der Waals surface area (Å²) in [5.41, 5.74) is 2.39. The molecule has 3 heteroatoms. The zero-order valence-electron chi connectivity index (χ0n) is 7.56. The molecule has 2 rings (SSSR count). The third kappa shape index (κ3) is 2.34. The van der Waals surface area contributed by atoms with Gasteiger partial charge in [0, 0.05) is 23.9 Å². The minimum absolute atomic E-state index is 0.877. The summed E-state index contributed by atoms with van der Waals surface area (Å²) >= 11 is 7.50. The highest BCUT2D eigenvalue weighted by atomic mass is 35.5. The maximum absolute atomic E-state index is 6.01. The summed E-state index contributed by atoms with van der Waals surface area (Å²) in [7, 11) is 0. The molecule has 0 atom stereocenters. The first-order valence-corrected chi connectivity index (χ1v) is 5.56. The molecule has 0 radical (unpaired) electrons. The van der Waals surface area contributed by atoms with Gasteiger partial charge in [0.25, 0.3) is 0 Å². The molecular weight excluding hydrogens is 214 g/mol. The van der Waals surface area contributed by atoms with Crippen LogP contribution >= 0.6 is 23.7 Å². The molecule has 1 aromatic rings. The molecule has 0 aromatic heterocycles. The average molecular weight is 224 g/mol. The molecule has 1 aromatic carbocycles. The van der Waals surface area contributed by atoms with Crippen LogP contribution < -0.4 is 0 Å². The van der Waals surface area contributed by atoms with Gasteiger partial charge in [-0.3, -0.25) is 0 Å². The van der Waals surface area contributed by atoms with Crippen molar-refractivity contribution in [1.82, 2.24) is 3.82 Å². The Morgan fingerprint density at radius 3 is 2.71 bits per heavy atom. The minimum Gasteiger partial charge on any atom is -0.227 e. The Hall–Kier alpha value is -0.860. The second-order valence-electron chi connectivity index (χ2n) is 3.00. The lowest BCUT2D eigenvalue weighted by atomic mass is 10.1. The van der Waals surface area contributed by atoms with Crippen molar-refractivity contribution in [2.24, 2.45) is 0 Å². The maximum atomic E-state index is 6.01. The van der Waals surface area contributed by atoms with Gasteiger partial charge in [0.2, 0.25) is 0 Å². The fraction of sp³-hybridized carbons (Fsp3) is 0.0909. The summed E-state index contributed by atoms with van der Waals surface area (Å²) in [6, 6.07) is 10.3. The molecule has 0 fully saturated rings. The first-order chi connectivity index (χ1) is 6.86. The lowest BCUT2D eigenvalue weighted by Crippen LogP contribution is -2.06. The summed E-state index contributed by atoms with van der Waals surface area (Å²) < 4.78 is 1.67. The van der Waals surface area contributed by atoms with E-state index in [-0.39, 0.29) is 0 Å². The monoisotopic (exact) mass is 223 g/mol. The Kier molecular flexibility index (Phi) is 3.17. The van der Waals surface area contributed by atoms with E-state index >= 15 is 0 Å². The number of hydrogen-bond donors (Lipinski definition) is 0. The number of rotatable bonds is 2. The summed E-state index contributed by atoms with van der Waals surface area (Å²) in [6.07, 6.45) is 4.93. The van der Waals surface area contributed by atoms with Gasteiger partial charge in [0.15, 0.2) is 0 Å². The number of halogens is 1. The zero-order chi connectivity index (χ0) is 9.80. The normalized spacial score (nSPS) is 15.5. The molecule has 0 unspecified atom stereocenters. The van der Waals surface area contributed by atoms with Crippen LogP contribution in [0.4, 0.5) is 0 Å². The first-order valence-electron chi connectivity index (χ1n) is 4.38. The van der Waals surface area contributed by atoms with Crippen LogP contribution in [0.15, 0.2) is 53.6 Å². The van der Waals surface area contributed by atoms with Crippen molar-refractivity contribution in [1.29, 1.82) is 0 Å². The predicted molar refractivity (Wildman–Crippen MR) is 62.7 cm³/mol. The van der Waals surface area contributed by atoms with Crippen LogP contribution in [-0.2, 0) is 6.42 Å². The lowest BCUT2D eigenvalue weighted by molar-refractivity contribution is 0.845. The van der Waals surface area contributed by atoms with Gasteiger partial charge in [-0.15, -0.1) is 0 Å². The maximum Gasteiger partial charge on any atom is 0.0473 e. The van der Waals surface area contributed by atoms with Crippen LogP contribution in [0.5, 0.6) is 0 Å². The van der Waals surface area contributed by atoms with E-state index in [4.69, 9.17) is 11.8 Å². The second-order valence-corrected chi connectivity index (χ2v) is 4.39. The highest BCUT2D eigenvalue weighted by Crippen LogP contribution is 2.27. The molecule has 72 valence electrons. The molecule has 0 bridgehead atoms. The van der Waals surface area contributed by atoms with E-state index in [1.165, 1.54) is 17.5 Å². The number of benzene rings is 1. The van der Waals surface area contributed by atoms with Crippen molar-refractivity contribution in [2.45, 2.75) is 6.42 Å². The van der Waals surface area contributed by atoms with E-state index in [1.54, 1.807) is 3.82 Å². The molecule has 1 nitrogen and oxygen atoms in total. The highest BCUT2D eigenvalue weighted by molar-refractivity contribution is 8.00. The summed E-state index contributed by atoms with van der Waals surface area (Å²) in [6.45, 7) is 0. The van der Waals surface area contributed by atoms with E-state index in [1.807, 2.05) is 35.8 Å². The van der Waals surface area contributed by atoms with E-state index in [0.29, 0.717) is 0 Å². The quantitative estimate of drug-likeness (QED) is 0.555.